The van der Waals surface area contributed by atoms with Gasteiger partial charge >= 0.3 is 12.1 Å². The van der Waals surface area contributed by atoms with Crippen LogP contribution in [-0.2, 0) is 26.7 Å². The minimum absolute atomic E-state index is 0.0162. The van der Waals surface area contributed by atoms with Gasteiger partial charge in [-0.2, -0.15) is 4.31 Å². The number of carbonyl (C=O) groups is 4. The zero-order valence-corrected chi connectivity index (χ0v) is 27.7. The number of hydrogen-bond acceptors (Lipinski definition) is 9. The highest BCUT2D eigenvalue weighted by atomic mass is 32.2. The number of amides is 5. The number of fused-ring (bicyclic) bond motifs is 1. The number of sulfonamides is 1. The number of carbonyl (C=O) groups excluding carboxylic acids is 4. The quantitative estimate of drug-likeness (QED) is 0.432. The highest BCUT2D eigenvalue weighted by molar-refractivity contribution is 7.89. The van der Waals surface area contributed by atoms with E-state index in [1.165, 1.54) is 63.8 Å². The van der Waals surface area contributed by atoms with Crippen molar-refractivity contribution in [2.45, 2.75) is 57.0 Å². The third-order valence-corrected chi connectivity index (χ3v) is 10.8. The molecule has 13 nitrogen and oxygen atoms in total. The highest BCUT2D eigenvalue weighted by Gasteiger charge is 2.42. The highest BCUT2D eigenvalue weighted by Crippen LogP contribution is 2.45. The second-order valence-electron chi connectivity index (χ2n) is 12.1. The maximum atomic E-state index is 13.4. The van der Waals surface area contributed by atoms with Crippen molar-refractivity contribution in [2.75, 3.05) is 52.2 Å². The van der Waals surface area contributed by atoms with E-state index in [0.717, 1.165) is 10.4 Å². The van der Waals surface area contributed by atoms with Crippen LogP contribution in [0.3, 0.4) is 0 Å². The molecule has 0 atom stereocenters. The first-order valence-electron chi connectivity index (χ1n) is 14.3. The predicted molar refractivity (Wildman–Crippen MR) is 167 cm³/mol. The first kappa shape index (κ1) is 33.4. The molecule has 2 aromatic rings. The molecule has 0 bridgehead atoms. The van der Waals surface area contributed by atoms with Crippen LogP contribution in [0.15, 0.2) is 29.2 Å². The number of benzene rings is 1. The van der Waals surface area contributed by atoms with E-state index in [2.05, 4.69) is 16.0 Å². The van der Waals surface area contributed by atoms with E-state index in [1.807, 2.05) is 27.7 Å². The fourth-order valence-electron chi connectivity index (χ4n) is 5.56. The molecular formula is C29H40N6O7S2. The molecule has 2 aliphatic rings. The number of ether oxygens (including phenoxy) is 1. The Balaban J connectivity index is 1.56. The molecule has 0 radical (unpaired) electrons. The molecule has 1 saturated heterocycles. The van der Waals surface area contributed by atoms with Gasteiger partial charge in [-0.1, -0.05) is 0 Å². The Bertz CT molecular complexity index is 1560. The number of urea groups is 1. The van der Waals surface area contributed by atoms with Gasteiger partial charge in [0, 0.05) is 61.8 Å². The van der Waals surface area contributed by atoms with Gasteiger partial charge in [0.1, 0.15) is 5.00 Å². The summed E-state index contributed by atoms with van der Waals surface area (Å²) in [7, 11) is -0.807. The standard InChI is InChI=1S/C29H40N6O7S2/c1-8-42-27(39)34-13-15-35(16-14-34)44(40,41)19-11-9-18(10-12-19)23(36)30-25-21(24(37)31-26(38)33(6)7)20-17-28(2,3)32-29(4,5)22(20)43-25/h9-12,32H,8,13-17H2,1-7H3,(H,30,36)(H,31,37,38). The molecule has 0 spiro atoms. The van der Waals surface area contributed by atoms with E-state index in [0.29, 0.717) is 11.4 Å². The molecule has 1 aromatic carbocycles. The van der Waals surface area contributed by atoms with E-state index in [1.54, 1.807) is 6.92 Å². The van der Waals surface area contributed by atoms with Gasteiger partial charge in [0.05, 0.1) is 17.1 Å². The fraction of sp³-hybridized carbons (Fsp3) is 0.517. The summed E-state index contributed by atoms with van der Waals surface area (Å²) in [5.41, 5.74) is 0.316. The maximum absolute atomic E-state index is 13.4. The van der Waals surface area contributed by atoms with Gasteiger partial charge in [-0.3, -0.25) is 14.9 Å². The molecule has 4 rings (SSSR count). The van der Waals surface area contributed by atoms with E-state index in [4.69, 9.17) is 4.74 Å². The van der Waals surface area contributed by atoms with Crippen LogP contribution in [0.2, 0.25) is 0 Å². The van der Waals surface area contributed by atoms with Gasteiger partial charge in [0.25, 0.3) is 11.8 Å². The molecule has 15 heteroatoms. The molecule has 3 heterocycles. The number of rotatable bonds is 6. The molecule has 0 unspecified atom stereocenters. The third kappa shape index (κ3) is 6.90. The van der Waals surface area contributed by atoms with E-state index in [-0.39, 0.29) is 54.3 Å². The van der Waals surface area contributed by atoms with Gasteiger partial charge in [-0.15, -0.1) is 11.3 Å². The predicted octanol–water partition coefficient (Wildman–Crippen LogP) is 3.03. The van der Waals surface area contributed by atoms with Crippen LogP contribution in [0.1, 0.15) is 65.8 Å². The van der Waals surface area contributed by atoms with Crippen LogP contribution in [0.25, 0.3) is 0 Å². The minimum Gasteiger partial charge on any atom is -0.450 e. The normalized spacial score (nSPS) is 17.8. The van der Waals surface area contributed by atoms with Crippen molar-refractivity contribution in [1.82, 2.24) is 24.7 Å². The maximum Gasteiger partial charge on any atom is 0.409 e. The molecule has 1 fully saturated rings. The lowest BCUT2D eigenvalue weighted by atomic mass is 9.81. The Kier molecular flexibility index (Phi) is 9.45. The second-order valence-corrected chi connectivity index (χ2v) is 15.1. The molecule has 5 amide bonds. The summed E-state index contributed by atoms with van der Waals surface area (Å²) in [6.45, 7) is 10.7. The lowest BCUT2D eigenvalue weighted by molar-refractivity contribution is 0.0931. The van der Waals surface area contributed by atoms with E-state index < -0.39 is 39.5 Å². The van der Waals surface area contributed by atoms with Gasteiger partial charge in [0.2, 0.25) is 10.0 Å². The average Bonchev–Trinajstić information content (AvgIpc) is 3.30. The summed E-state index contributed by atoms with van der Waals surface area (Å²) in [5.74, 6) is -1.15. The number of piperazine rings is 1. The summed E-state index contributed by atoms with van der Waals surface area (Å²) < 4.78 is 32.8. The Labute approximate surface area is 262 Å². The first-order chi connectivity index (χ1) is 20.5. The largest absolute Gasteiger partial charge is 0.450 e. The molecule has 1 aromatic heterocycles. The van der Waals surface area contributed by atoms with E-state index >= 15 is 0 Å². The van der Waals surface area contributed by atoms with Crippen LogP contribution >= 0.6 is 11.3 Å². The Morgan fingerprint density at radius 3 is 2.18 bits per heavy atom. The van der Waals surface area contributed by atoms with Crippen LogP contribution in [0.4, 0.5) is 14.6 Å². The second kappa shape index (κ2) is 12.5. The summed E-state index contributed by atoms with van der Waals surface area (Å²) in [6.07, 6.45) is 0.0254. The summed E-state index contributed by atoms with van der Waals surface area (Å²) in [5, 5.41) is 9.11. The molecule has 240 valence electrons. The molecule has 0 saturated carbocycles. The lowest BCUT2D eigenvalue weighted by Crippen LogP contribution is -2.55. The monoisotopic (exact) mass is 648 g/mol. The number of thiophene rings is 1. The SMILES string of the molecule is CCOC(=O)N1CCN(S(=O)(=O)c2ccc(C(=O)Nc3sc4c(c3C(=O)NC(=O)N(C)C)CC(C)(C)NC4(C)C)cc2)CC1. The Morgan fingerprint density at radius 1 is 1.00 bits per heavy atom. The average molecular weight is 649 g/mol. The topological polar surface area (TPSA) is 157 Å². The zero-order valence-electron chi connectivity index (χ0n) is 26.1. The van der Waals surface area contributed by atoms with Gasteiger partial charge in [-0.25, -0.2) is 18.0 Å². The number of hydrogen-bond donors (Lipinski definition) is 3. The smallest absolute Gasteiger partial charge is 0.409 e. The van der Waals surface area contributed by atoms with Crippen LogP contribution < -0.4 is 16.0 Å². The van der Waals surface area contributed by atoms with Crippen molar-refractivity contribution >= 4 is 50.3 Å². The van der Waals surface area contributed by atoms with Crippen molar-refractivity contribution in [3.8, 4) is 0 Å². The third-order valence-electron chi connectivity index (χ3n) is 7.44. The zero-order chi connectivity index (χ0) is 32.6. The van der Waals surface area contributed by atoms with Crippen molar-refractivity contribution in [2.24, 2.45) is 0 Å². The van der Waals surface area contributed by atoms with Crippen LogP contribution in [-0.4, -0.2) is 98.9 Å². The lowest BCUT2D eigenvalue weighted by Gasteiger charge is -2.42. The number of imide groups is 1. The van der Waals surface area contributed by atoms with E-state index in [9.17, 15) is 27.6 Å². The Hall–Kier alpha value is -3.53. The molecule has 3 N–H and O–H groups in total. The summed E-state index contributed by atoms with van der Waals surface area (Å²) in [4.78, 5) is 54.7. The number of nitrogens with one attached hydrogen (secondary N) is 3. The van der Waals surface area contributed by atoms with Crippen molar-refractivity contribution in [3.05, 3.63) is 45.8 Å². The van der Waals surface area contributed by atoms with Crippen LogP contribution in [0.5, 0.6) is 0 Å². The van der Waals surface area contributed by atoms with Crippen molar-refractivity contribution in [3.63, 3.8) is 0 Å². The molecule has 2 aliphatic heterocycles. The van der Waals surface area contributed by atoms with Gasteiger partial charge < -0.3 is 25.2 Å². The van der Waals surface area contributed by atoms with Gasteiger partial charge in [-0.05, 0) is 70.9 Å². The van der Waals surface area contributed by atoms with Gasteiger partial charge in [0.15, 0.2) is 0 Å². The Morgan fingerprint density at radius 2 is 1.61 bits per heavy atom. The van der Waals surface area contributed by atoms with Crippen LogP contribution in [0, 0.1) is 0 Å². The minimum atomic E-state index is -3.86. The first-order valence-corrected chi connectivity index (χ1v) is 16.5. The summed E-state index contributed by atoms with van der Waals surface area (Å²) in [6, 6.07) is 4.96. The molecular weight excluding hydrogens is 608 g/mol. The van der Waals surface area contributed by atoms with Crippen molar-refractivity contribution < 1.29 is 32.3 Å². The fourth-order valence-corrected chi connectivity index (χ4v) is 8.25. The summed E-state index contributed by atoms with van der Waals surface area (Å²) >= 11 is 1.27. The molecule has 0 aliphatic carbocycles. The number of nitrogens with zero attached hydrogens (tertiary/aromatic N) is 3. The molecule has 44 heavy (non-hydrogen) atoms. The van der Waals surface area contributed by atoms with Crippen molar-refractivity contribution in [1.29, 1.82) is 0 Å². The number of anilines is 1.